The monoisotopic (exact) mass is 453 g/mol. The van der Waals surface area contributed by atoms with E-state index in [9.17, 15) is 19.6 Å². The summed E-state index contributed by atoms with van der Waals surface area (Å²) in [6.07, 6.45) is 3.87. The SMILES string of the molecule is Cc1ccc(C(=O)NC(C(=O)OCC(=O)Nc2sc3c(c2C#N)CCCC3)C(C)C)cc1. The van der Waals surface area contributed by atoms with Gasteiger partial charge in [0.1, 0.15) is 17.1 Å². The van der Waals surface area contributed by atoms with E-state index < -0.39 is 24.5 Å². The number of hydrogen-bond donors (Lipinski definition) is 2. The van der Waals surface area contributed by atoms with Crippen molar-refractivity contribution in [2.75, 3.05) is 11.9 Å². The molecule has 7 nitrogen and oxygen atoms in total. The fourth-order valence-corrected chi connectivity index (χ4v) is 4.84. The van der Waals surface area contributed by atoms with Crippen molar-refractivity contribution >= 4 is 34.1 Å². The van der Waals surface area contributed by atoms with E-state index in [0.717, 1.165) is 41.7 Å². The lowest BCUT2D eigenvalue weighted by Gasteiger charge is -2.20. The largest absolute Gasteiger partial charge is 0.454 e. The van der Waals surface area contributed by atoms with Gasteiger partial charge in [-0.15, -0.1) is 11.3 Å². The summed E-state index contributed by atoms with van der Waals surface area (Å²) in [7, 11) is 0. The second kappa shape index (κ2) is 10.4. The smallest absolute Gasteiger partial charge is 0.329 e. The van der Waals surface area contributed by atoms with Gasteiger partial charge in [-0.25, -0.2) is 4.79 Å². The van der Waals surface area contributed by atoms with Crippen LogP contribution in [0.15, 0.2) is 24.3 Å². The third-order valence-corrected chi connectivity index (χ3v) is 6.61. The van der Waals surface area contributed by atoms with Crippen LogP contribution < -0.4 is 10.6 Å². The molecule has 1 aliphatic rings. The second-order valence-corrected chi connectivity index (χ2v) is 9.35. The molecule has 2 amide bonds. The molecule has 3 rings (SSSR count). The zero-order valence-electron chi connectivity index (χ0n) is 18.5. The lowest BCUT2D eigenvalue weighted by molar-refractivity contribution is -0.150. The number of nitriles is 1. The van der Waals surface area contributed by atoms with Crippen LogP contribution in [0.25, 0.3) is 0 Å². The van der Waals surface area contributed by atoms with Crippen LogP contribution in [0, 0.1) is 24.2 Å². The molecule has 0 saturated heterocycles. The number of ether oxygens (including phenoxy) is 1. The van der Waals surface area contributed by atoms with E-state index in [-0.39, 0.29) is 11.8 Å². The summed E-state index contributed by atoms with van der Waals surface area (Å²) in [6.45, 7) is 5.01. The molecular weight excluding hydrogens is 426 g/mol. The standard InChI is InChI=1S/C24H27N3O4S/c1-14(2)21(27-22(29)16-10-8-15(3)9-11-16)24(30)31-13-20(28)26-23-18(12-25)17-6-4-5-7-19(17)32-23/h8-11,14,21H,4-7,13H2,1-3H3,(H,26,28)(H,27,29). The van der Waals surface area contributed by atoms with Gasteiger partial charge in [-0.05, 0) is 56.2 Å². The zero-order valence-corrected chi connectivity index (χ0v) is 19.3. The van der Waals surface area contributed by atoms with E-state index in [1.54, 1.807) is 26.0 Å². The maximum absolute atomic E-state index is 12.6. The first kappa shape index (κ1) is 23.5. The molecule has 32 heavy (non-hydrogen) atoms. The highest BCUT2D eigenvalue weighted by Gasteiger charge is 2.27. The third kappa shape index (κ3) is 5.54. The van der Waals surface area contributed by atoms with Crippen LogP contribution in [0.5, 0.6) is 0 Å². The summed E-state index contributed by atoms with van der Waals surface area (Å²) in [4.78, 5) is 38.6. The van der Waals surface area contributed by atoms with Gasteiger partial charge in [0.15, 0.2) is 6.61 Å². The molecule has 1 unspecified atom stereocenters. The maximum Gasteiger partial charge on any atom is 0.329 e. The molecule has 168 valence electrons. The Bertz CT molecular complexity index is 1050. The maximum atomic E-state index is 12.6. The summed E-state index contributed by atoms with van der Waals surface area (Å²) in [5.41, 5.74) is 3.00. The minimum Gasteiger partial charge on any atom is -0.454 e. The lowest BCUT2D eigenvalue weighted by atomic mass is 9.96. The molecule has 0 spiro atoms. The van der Waals surface area contributed by atoms with Crippen LogP contribution in [-0.2, 0) is 27.2 Å². The quantitative estimate of drug-likeness (QED) is 0.621. The van der Waals surface area contributed by atoms with Crippen molar-refractivity contribution in [2.45, 2.75) is 52.5 Å². The Morgan fingerprint density at radius 1 is 1.16 bits per heavy atom. The van der Waals surface area contributed by atoms with Crippen LogP contribution in [-0.4, -0.2) is 30.4 Å². The average molecular weight is 454 g/mol. The van der Waals surface area contributed by atoms with E-state index in [0.29, 0.717) is 16.1 Å². The fraction of sp³-hybridized carbons (Fsp3) is 0.417. The Morgan fingerprint density at radius 2 is 1.84 bits per heavy atom. The molecule has 0 aliphatic heterocycles. The molecule has 2 N–H and O–H groups in total. The summed E-state index contributed by atoms with van der Waals surface area (Å²) >= 11 is 1.42. The van der Waals surface area contributed by atoms with Crippen molar-refractivity contribution in [3.05, 3.63) is 51.4 Å². The van der Waals surface area contributed by atoms with Gasteiger partial charge in [-0.1, -0.05) is 31.5 Å². The Morgan fingerprint density at radius 3 is 2.50 bits per heavy atom. The topological polar surface area (TPSA) is 108 Å². The first-order valence-electron chi connectivity index (χ1n) is 10.7. The minimum absolute atomic E-state index is 0.228. The van der Waals surface area contributed by atoms with Crippen LogP contribution >= 0.6 is 11.3 Å². The molecule has 1 aliphatic carbocycles. The molecule has 8 heteroatoms. The predicted octanol–water partition coefficient (Wildman–Crippen LogP) is 3.74. The molecule has 2 aromatic rings. The Kier molecular flexibility index (Phi) is 7.65. The first-order chi connectivity index (χ1) is 15.3. The number of amides is 2. The molecule has 0 bridgehead atoms. The number of aryl methyl sites for hydroxylation is 2. The van der Waals surface area contributed by atoms with Gasteiger partial charge in [0.25, 0.3) is 11.8 Å². The van der Waals surface area contributed by atoms with Crippen molar-refractivity contribution in [1.29, 1.82) is 5.26 Å². The van der Waals surface area contributed by atoms with Crippen LogP contribution in [0.1, 0.15) is 58.6 Å². The molecular formula is C24H27N3O4S. The molecule has 1 heterocycles. The molecule has 1 atom stereocenters. The highest BCUT2D eigenvalue weighted by atomic mass is 32.1. The number of nitrogens with one attached hydrogen (secondary N) is 2. The van der Waals surface area contributed by atoms with Crippen molar-refractivity contribution in [1.82, 2.24) is 5.32 Å². The van der Waals surface area contributed by atoms with Crippen LogP contribution in [0.3, 0.4) is 0 Å². The molecule has 1 aromatic carbocycles. The number of fused-ring (bicyclic) bond motifs is 1. The number of rotatable bonds is 7. The number of hydrogen-bond acceptors (Lipinski definition) is 6. The number of thiophene rings is 1. The second-order valence-electron chi connectivity index (χ2n) is 8.24. The van der Waals surface area contributed by atoms with Gasteiger partial charge < -0.3 is 15.4 Å². The van der Waals surface area contributed by atoms with Gasteiger partial charge in [0.2, 0.25) is 0 Å². The number of carbonyl (C=O) groups excluding carboxylic acids is 3. The van der Waals surface area contributed by atoms with Crippen molar-refractivity contribution in [3.8, 4) is 6.07 Å². The van der Waals surface area contributed by atoms with E-state index in [1.165, 1.54) is 11.3 Å². The average Bonchev–Trinajstić information content (AvgIpc) is 3.12. The van der Waals surface area contributed by atoms with Crippen molar-refractivity contribution in [3.63, 3.8) is 0 Å². The van der Waals surface area contributed by atoms with Crippen LogP contribution in [0.4, 0.5) is 5.00 Å². The van der Waals surface area contributed by atoms with Gasteiger partial charge in [-0.3, -0.25) is 9.59 Å². The Labute approximate surface area is 191 Å². The molecule has 0 fully saturated rings. The van der Waals surface area contributed by atoms with Gasteiger partial charge >= 0.3 is 5.97 Å². The van der Waals surface area contributed by atoms with E-state index in [2.05, 4.69) is 16.7 Å². The summed E-state index contributed by atoms with van der Waals surface area (Å²) < 4.78 is 5.19. The predicted molar refractivity (Wildman–Crippen MR) is 123 cm³/mol. The minimum atomic E-state index is -0.889. The number of benzene rings is 1. The highest BCUT2D eigenvalue weighted by molar-refractivity contribution is 7.16. The number of esters is 1. The molecule has 0 saturated carbocycles. The first-order valence-corrected chi connectivity index (χ1v) is 11.5. The summed E-state index contributed by atoms with van der Waals surface area (Å²) in [5.74, 6) is -1.80. The van der Waals surface area contributed by atoms with Gasteiger partial charge in [0, 0.05) is 10.4 Å². The summed E-state index contributed by atoms with van der Waals surface area (Å²) in [5, 5.41) is 15.4. The number of carbonyl (C=O) groups is 3. The van der Waals surface area contributed by atoms with E-state index in [4.69, 9.17) is 4.74 Å². The van der Waals surface area contributed by atoms with E-state index in [1.807, 2.05) is 19.1 Å². The number of nitrogens with zero attached hydrogens (tertiary/aromatic N) is 1. The highest BCUT2D eigenvalue weighted by Crippen LogP contribution is 2.37. The normalized spacial score (nSPS) is 13.6. The number of anilines is 1. The lowest BCUT2D eigenvalue weighted by Crippen LogP contribution is -2.45. The van der Waals surface area contributed by atoms with Gasteiger partial charge in [-0.2, -0.15) is 5.26 Å². The molecule has 1 aromatic heterocycles. The Balaban J connectivity index is 1.59. The molecule has 0 radical (unpaired) electrons. The Hall–Kier alpha value is -3.18. The van der Waals surface area contributed by atoms with Crippen molar-refractivity contribution in [2.24, 2.45) is 5.92 Å². The van der Waals surface area contributed by atoms with Crippen LogP contribution in [0.2, 0.25) is 0 Å². The fourth-order valence-electron chi connectivity index (χ4n) is 3.59. The van der Waals surface area contributed by atoms with Gasteiger partial charge in [0.05, 0.1) is 5.56 Å². The zero-order chi connectivity index (χ0) is 23.3. The van der Waals surface area contributed by atoms with E-state index >= 15 is 0 Å². The van der Waals surface area contributed by atoms with Crippen molar-refractivity contribution < 1.29 is 19.1 Å². The third-order valence-electron chi connectivity index (χ3n) is 5.40. The summed E-state index contributed by atoms with van der Waals surface area (Å²) in [6, 6.07) is 8.32.